The fourth-order valence-electron chi connectivity index (χ4n) is 3.21. The standard InChI is InChI=1S/C24H26N2O3S/c1-18(2)16-23(19-10-5-3-6-11-19)25-24(27)20-12-9-13-21(17-20)26-30(28,29)22-14-7-4-8-15-22/h3-15,17-18,23,26H,16H2,1-2H3,(H,25,27). The molecule has 0 fully saturated rings. The summed E-state index contributed by atoms with van der Waals surface area (Å²) in [7, 11) is -3.72. The summed E-state index contributed by atoms with van der Waals surface area (Å²) in [6.07, 6.45) is 0.802. The summed E-state index contributed by atoms with van der Waals surface area (Å²) in [5.74, 6) is 0.157. The quantitative estimate of drug-likeness (QED) is 0.536. The van der Waals surface area contributed by atoms with Crippen molar-refractivity contribution in [2.24, 2.45) is 5.92 Å². The number of anilines is 1. The predicted octanol–water partition coefficient (Wildman–Crippen LogP) is 5.00. The predicted molar refractivity (Wildman–Crippen MR) is 120 cm³/mol. The van der Waals surface area contributed by atoms with Crippen molar-refractivity contribution in [3.8, 4) is 0 Å². The van der Waals surface area contributed by atoms with Crippen LogP contribution in [0.1, 0.15) is 42.2 Å². The van der Waals surface area contributed by atoms with Crippen LogP contribution in [0.15, 0.2) is 89.8 Å². The van der Waals surface area contributed by atoms with Gasteiger partial charge in [0.05, 0.1) is 10.9 Å². The van der Waals surface area contributed by atoms with Crippen molar-refractivity contribution < 1.29 is 13.2 Å². The van der Waals surface area contributed by atoms with Gasteiger partial charge in [0, 0.05) is 11.3 Å². The van der Waals surface area contributed by atoms with Crippen molar-refractivity contribution in [3.05, 3.63) is 96.1 Å². The minimum absolute atomic E-state index is 0.122. The Balaban J connectivity index is 1.78. The van der Waals surface area contributed by atoms with Gasteiger partial charge in [-0.15, -0.1) is 0 Å². The number of carbonyl (C=O) groups is 1. The molecule has 0 radical (unpaired) electrons. The molecule has 30 heavy (non-hydrogen) atoms. The number of hydrogen-bond acceptors (Lipinski definition) is 3. The summed E-state index contributed by atoms with van der Waals surface area (Å²) in [4.78, 5) is 13.1. The molecule has 3 aromatic rings. The van der Waals surface area contributed by atoms with Gasteiger partial charge >= 0.3 is 0 Å². The second-order valence-electron chi connectivity index (χ2n) is 7.57. The van der Waals surface area contributed by atoms with Crippen LogP contribution >= 0.6 is 0 Å². The molecular formula is C24H26N2O3S. The van der Waals surface area contributed by atoms with Crippen molar-refractivity contribution in [2.75, 3.05) is 4.72 Å². The molecule has 0 aliphatic carbocycles. The fourth-order valence-corrected chi connectivity index (χ4v) is 4.28. The number of sulfonamides is 1. The van der Waals surface area contributed by atoms with Gasteiger partial charge in [-0.3, -0.25) is 9.52 Å². The highest BCUT2D eigenvalue weighted by molar-refractivity contribution is 7.92. The first-order chi connectivity index (χ1) is 14.3. The van der Waals surface area contributed by atoms with Crippen LogP contribution in [0.3, 0.4) is 0 Å². The highest BCUT2D eigenvalue weighted by Crippen LogP contribution is 2.23. The first-order valence-corrected chi connectivity index (χ1v) is 11.4. The van der Waals surface area contributed by atoms with Crippen LogP contribution in [-0.4, -0.2) is 14.3 Å². The van der Waals surface area contributed by atoms with Gasteiger partial charge in [0.25, 0.3) is 15.9 Å². The summed E-state index contributed by atoms with van der Waals surface area (Å²) in [6.45, 7) is 4.22. The first-order valence-electron chi connectivity index (χ1n) is 9.89. The van der Waals surface area contributed by atoms with E-state index in [1.807, 2.05) is 30.3 Å². The second-order valence-corrected chi connectivity index (χ2v) is 9.25. The summed E-state index contributed by atoms with van der Waals surface area (Å²) in [6, 6.07) is 24.4. The summed E-state index contributed by atoms with van der Waals surface area (Å²) < 4.78 is 27.6. The summed E-state index contributed by atoms with van der Waals surface area (Å²) in [5.41, 5.74) is 1.78. The number of nitrogens with one attached hydrogen (secondary N) is 2. The normalized spacial score (nSPS) is 12.4. The molecule has 6 heteroatoms. The first kappa shape index (κ1) is 21.6. The van der Waals surface area contributed by atoms with Gasteiger partial charge in [0.1, 0.15) is 0 Å². The van der Waals surface area contributed by atoms with Crippen LogP contribution in [0.25, 0.3) is 0 Å². The molecule has 3 rings (SSSR count). The van der Waals surface area contributed by atoms with Crippen molar-refractivity contribution >= 4 is 21.6 Å². The Morgan fingerprint density at radius 2 is 1.50 bits per heavy atom. The van der Waals surface area contributed by atoms with Crippen molar-refractivity contribution in [1.29, 1.82) is 0 Å². The maximum Gasteiger partial charge on any atom is 0.261 e. The molecule has 1 amide bonds. The van der Waals surface area contributed by atoms with E-state index in [0.29, 0.717) is 17.2 Å². The third-order valence-corrected chi connectivity index (χ3v) is 6.04. The maximum absolute atomic E-state index is 12.9. The van der Waals surface area contributed by atoms with E-state index in [-0.39, 0.29) is 16.8 Å². The molecule has 0 aliphatic heterocycles. The molecule has 2 N–H and O–H groups in total. The lowest BCUT2D eigenvalue weighted by Crippen LogP contribution is -2.29. The molecule has 156 valence electrons. The fraction of sp³-hybridized carbons (Fsp3) is 0.208. The van der Waals surface area contributed by atoms with Gasteiger partial charge in [0.15, 0.2) is 0 Å². The minimum atomic E-state index is -3.72. The number of rotatable bonds is 8. The molecule has 0 heterocycles. The van der Waals surface area contributed by atoms with E-state index in [1.54, 1.807) is 42.5 Å². The van der Waals surface area contributed by atoms with Gasteiger partial charge in [-0.1, -0.05) is 68.4 Å². The van der Waals surface area contributed by atoms with Crippen LogP contribution in [-0.2, 0) is 10.0 Å². The summed E-state index contributed by atoms with van der Waals surface area (Å²) in [5, 5.41) is 3.09. The Morgan fingerprint density at radius 3 is 2.13 bits per heavy atom. The van der Waals surface area contributed by atoms with Crippen LogP contribution in [0.5, 0.6) is 0 Å². The number of carbonyl (C=O) groups excluding carboxylic acids is 1. The zero-order valence-electron chi connectivity index (χ0n) is 17.1. The molecule has 0 bridgehead atoms. The third-order valence-electron chi connectivity index (χ3n) is 4.64. The highest BCUT2D eigenvalue weighted by atomic mass is 32.2. The molecule has 1 atom stereocenters. The Hall–Kier alpha value is -3.12. The Labute approximate surface area is 178 Å². The largest absolute Gasteiger partial charge is 0.345 e. The number of amides is 1. The molecule has 0 saturated carbocycles. The van der Waals surface area contributed by atoms with E-state index in [1.165, 1.54) is 12.1 Å². The van der Waals surface area contributed by atoms with Gasteiger partial charge in [-0.2, -0.15) is 0 Å². The van der Waals surface area contributed by atoms with Crippen molar-refractivity contribution in [3.63, 3.8) is 0 Å². The van der Waals surface area contributed by atoms with Crippen molar-refractivity contribution in [1.82, 2.24) is 5.32 Å². The molecule has 0 aromatic heterocycles. The average Bonchev–Trinajstić information content (AvgIpc) is 2.74. The smallest absolute Gasteiger partial charge is 0.261 e. The average molecular weight is 423 g/mol. The van der Waals surface area contributed by atoms with E-state index in [2.05, 4.69) is 23.9 Å². The molecule has 0 aliphatic rings. The van der Waals surface area contributed by atoms with E-state index >= 15 is 0 Å². The number of benzene rings is 3. The minimum Gasteiger partial charge on any atom is -0.345 e. The monoisotopic (exact) mass is 422 g/mol. The zero-order chi connectivity index (χ0) is 21.6. The molecule has 0 spiro atoms. The van der Waals surface area contributed by atoms with E-state index in [0.717, 1.165) is 12.0 Å². The lowest BCUT2D eigenvalue weighted by atomic mass is 9.96. The highest BCUT2D eigenvalue weighted by Gasteiger charge is 2.18. The van der Waals surface area contributed by atoms with Gasteiger partial charge in [0.2, 0.25) is 0 Å². The molecular weight excluding hydrogens is 396 g/mol. The maximum atomic E-state index is 12.9. The summed E-state index contributed by atoms with van der Waals surface area (Å²) >= 11 is 0. The van der Waals surface area contributed by atoms with Crippen LogP contribution in [0.2, 0.25) is 0 Å². The Morgan fingerprint density at radius 1 is 0.867 bits per heavy atom. The van der Waals surface area contributed by atoms with Crippen LogP contribution in [0, 0.1) is 5.92 Å². The van der Waals surface area contributed by atoms with Crippen molar-refractivity contribution in [2.45, 2.75) is 31.2 Å². The second kappa shape index (κ2) is 9.59. The van der Waals surface area contributed by atoms with Gasteiger partial charge < -0.3 is 5.32 Å². The van der Waals surface area contributed by atoms with Gasteiger partial charge in [-0.25, -0.2) is 8.42 Å². The van der Waals surface area contributed by atoms with Crippen LogP contribution < -0.4 is 10.0 Å². The van der Waals surface area contributed by atoms with E-state index in [9.17, 15) is 13.2 Å². The van der Waals surface area contributed by atoms with E-state index in [4.69, 9.17) is 0 Å². The Bertz CT molecular complexity index is 1080. The van der Waals surface area contributed by atoms with E-state index < -0.39 is 10.0 Å². The van der Waals surface area contributed by atoms with Gasteiger partial charge in [-0.05, 0) is 48.2 Å². The lowest BCUT2D eigenvalue weighted by molar-refractivity contribution is 0.0932. The third kappa shape index (κ3) is 5.70. The number of hydrogen-bond donors (Lipinski definition) is 2. The van der Waals surface area contributed by atoms with Crippen LogP contribution in [0.4, 0.5) is 5.69 Å². The topological polar surface area (TPSA) is 75.3 Å². The SMILES string of the molecule is CC(C)CC(NC(=O)c1cccc(NS(=O)(=O)c2ccccc2)c1)c1ccccc1. The molecule has 1 unspecified atom stereocenters. The molecule has 0 saturated heterocycles. The Kier molecular flexibility index (Phi) is 6.90. The molecule has 3 aromatic carbocycles. The lowest BCUT2D eigenvalue weighted by Gasteiger charge is -2.21. The zero-order valence-corrected chi connectivity index (χ0v) is 17.9. The molecule has 5 nitrogen and oxygen atoms in total.